The van der Waals surface area contributed by atoms with E-state index in [-0.39, 0.29) is 18.9 Å². The van der Waals surface area contributed by atoms with E-state index >= 15 is 0 Å². The molecule has 6 heterocycles. The van der Waals surface area contributed by atoms with Gasteiger partial charge < -0.3 is 103 Å². The van der Waals surface area contributed by atoms with E-state index in [1.165, 1.54) is 20.8 Å². The van der Waals surface area contributed by atoms with Gasteiger partial charge in [-0.25, -0.2) is 0 Å². The molecule has 0 aromatic heterocycles. The number of carbonyl (C=O) groups excluding carboxylic acids is 2. The first-order valence-electron chi connectivity index (χ1n) is 29.8. The standard InChI is InChI=1S/C56H98O23/c1-8-10-12-13-15-19-24-28-36(58)75-51-50(79-53-44(66)41(63)38(60)30(4)69-53)47(77-52-43(65)40(62)37(59)29(3)68-52)33(7)72-56(51)76-46-32(6)71-55-49(45(46)67)74-35(57)27-23-20-17-14-16-18-22-26-34(25-21-11-9-2)73-54-48(78-55)42(64)39(61)31(5)70-54/h29-34,37-56,59-67H,8-28H2,1-7H3/t29-,30-,31+,32-,33-,34?,37-,38-,39-,40+,41+,42-,43+,44+,45+,46-,47-,48+,49+,50+,51+,52-,53-,54-,55-,56-/m0/s1. The van der Waals surface area contributed by atoms with Crippen molar-refractivity contribution in [3.8, 4) is 0 Å². The first kappa shape index (κ1) is 66.3. The van der Waals surface area contributed by atoms with E-state index in [9.17, 15) is 55.5 Å². The highest BCUT2D eigenvalue weighted by molar-refractivity contribution is 5.70. The summed E-state index contributed by atoms with van der Waals surface area (Å²) in [5, 5.41) is 101. The molecule has 1 unspecified atom stereocenters. The molecular weight excluding hydrogens is 1040 g/mol. The Morgan fingerprint density at radius 3 is 1.56 bits per heavy atom. The van der Waals surface area contributed by atoms with Crippen LogP contribution in [-0.4, -0.2) is 218 Å². The van der Waals surface area contributed by atoms with Crippen LogP contribution < -0.4 is 0 Å². The van der Waals surface area contributed by atoms with Crippen molar-refractivity contribution in [1.82, 2.24) is 0 Å². The van der Waals surface area contributed by atoms with Gasteiger partial charge in [0.05, 0.1) is 36.6 Å². The van der Waals surface area contributed by atoms with Crippen LogP contribution in [0.2, 0.25) is 0 Å². The molecule has 0 bridgehead atoms. The predicted molar refractivity (Wildman–Crippen MR) is 278 cm³/mol. The molecule has 6 rings (SSSR count). The lowest BCUT2D eigenvalue weighted by Crippen LogP contribution is -2.68. The smallest absolute Gasteiger partial charge is 0.306 e. The summed E-state index contributed by atoms with van der Waals surface area (Å²) >= 11 is 0. The average Bonchev–Trinajstić information content (AvgIpc) is 3.47. The fraction of sp³-hybridized carbons (Fsp3) is 0.964. The van der Waals surface area contributed by atoms with Crippen LogP contribution in [0.5, 0.6) is 0 Å². The molecule has 23 heteroatoms. The van der Waals surface area contributed by atoms with Gasteiger partial charge >= 0.3 is 11.9 Å². The maximum atomic E-state index is 14.1. The number of fused-ring (bicyclic) bond motifs is 2. The number of unbranched alkanes of at least 4 members (excludes halogenated alkanes) is 8. The zero-order valence-electron chi connectivity index (χ0n) is 47.6. The highest BCUT2D eigenvalue weighted by Gasteiger charge is 2.58. The molecule has 0 amide bonds. The molecule has 6 aliphatic rings. The molecule has 6 aliphatic heterocycles. The van der Waals surface area contributed by atoms with Gasteiger partial charge in [0.25, 0.3) is 0 Å². The molecule has 79 heavy (non-hydrogen) atoms. The van der Waals surface area contributed by atoms with Gasteiger partial charge in [-0.1, -0.05) is 110 Å². The Hall–Kier alpha value is -1.82. The van der Waals surface area contributed by atoms with Crippen molar-refractivity contribution in [2.75, 3.05) is 0 Å². The third kappa shape index (κ3) is 18.1. The van der Waals surface area contributed by atoms with E-state index in [2.05, 4.69) is 13.8 Å². The van der Waals surface area contributed by atoms with Gasteiger partial charge in [0, 0.05) is 12.8 Å². The molecule has 0 saturated carbocycles. The highest BCUT2D eigenvalue weighted by atomic mass is 16.8. The summed E-state index contributed by atoms with van der Waals surface area (Å²) in [7, 11) is 0. The lowest BCUT2D eigenvalue weighted by atomic mass is 9.95. The fourth-order valence-electron chi connectivity index (χ4n) is 11.4. The van der Waals surface area contributed by atoms with Gasteiger partial charge in [-0.05, 0) is 60.3 Å². The van der Waals surface area contributed by atoms with Crippen LogP contribution >= 0.6 is 0 Å². The molecule has 0 aromatic rings. The Morgan fingerprint density at radius 1 is 0.443 bits per heavy atom. The third-order valence-corrected chi connectivity index (χ3v) is 16.4. The molecule has 23 nitrogen and oxygen atoms in total. The lowest BCUT2D eigenvalue weighted by molar-refractivity contribution is -0.399. The van der Waals surface area contributed by atoms with Crippen molar-refractivity contribution in [3.05, 3.63) is 0 Å². The Labute approximate surface area is 466 Å². The van der Waals surface area contributed by atoms with Gasteiger partial charge in [0.1, 0.15) is 79.4 Å². The second kappa shape index (κ2) is 32.5. The summed E-state index contributed by atoms with van der Waals surface area (Å²) in [6.07, 6.45) is -21.3. The molecule has 460 valence electrons. The Kier molecular flexibility index (Phi) is 27.2. The summed E-state index contributed by atoms with van der Waals surface area (Å²) in [5.74, 6) is -1.42. The molecule has 0 radical (unpaired) electrons. The van der Waals surface area contributed by atoms with Crippen LogP contribution in [0.25, 0.3) is 0 Å². The van der Waals surface area contributed by atoms with Crippen LogP contribution in [0.4, 0.5) is 0 Å². The van der Waals surface area contributed by atoms with Crippen LogP contribution in [0, 0.1) is 0 Å². The van der Waals surface area contributed by atoms with Crippen LogP contribution in [0.15, 0.2) is 0 Å². The van der Waals surface area contributed by atoms with Crippen LogP contribution in [0.3, 0.4) is 0 Å². The Morgan fingerprint density at radius 2 is 0.924 bits per heavy atom. The SMILES string of the molecule is CCCCCCCCCC(=O)O[C@H]1[C@H](O[C@@H]2[C@@H](O)[C@H]3OC(=O)CCCCCCCCCC(CCCCC)O[C@@H]4O[C@H](C)[C@H](O)[C@H](O)[C@H]4O[C@@H]3O[C@H]2C)O[C@@H](C)[C@H](O[C@@H]2O[C@@H](C)[C@H](O)[C@@H](O)[C@H]2O)[C@H]1O[C@@H]1O[C@@H](C)[C@H](O)[C@@H](O)[C@H]1O. The Bertz CT molecular complexity index is 1770. The quantitative estimate of drug-likeness (QED) is 0.0663. The van der Waals surface area contributed by atoms with E-state index in [1.54, 1.807) is 13.8 Å². The van der Waals surface area contributed by atoms with Crippen molar-refractivity contribution in [2.24, 2.45) is 0 Å². The van der Waals surface area contributed by atoms with E-state index in [4.69, 9.17) is 56.8 Å². The number of carbonyl (C=O) groups is 2. The van der Waals surface area contributed by atoms with Gasteiger partial charge in [-0.2, -0.15) is 0 Å². The number of hydrogen-bond donors (Lipinski definition) is 9. The number of aliphatic hydroxyl groups is 9. The van der Waals surface area contributed by atoms with Gasteiger partial charge in [0.15, 0.2) is 43.7 Å². The van der Waals surface area contributed by atoms with E-state index in [0.717, 1.165) is 103 Å². The molecule has 0 aliphatic carbocycles. The maximum absolute atomic E-state index is 14.1. The van der Waals surface area contributed by atoms with Gasteiger partial charge in [-0.15, -0.1) is 0 Å². The second-order valence-electron chi connectivity index (χ2n) is 22.9. The normalized spacial score (nSPS) is 44.3. The fourth-order valence-corrected chi connectivity index (χ4v) is 11.4. The number of aliphatic hydroxyl groups excluding tert-OH is 9. The minimum absolute atomic E-state index is 0.0123. The summed E-state index contributed by atoms with van der Waals surface area (Å²) in [6.45, 7) is 11.8. The second-order valence-corrected chi connectivity index (χ2v) is 22.9. The highest BCUT2D eigenvalue weighted by Crippen LogP contribution is 2.39. The van der Waals surface area contributed by atoms with Crippen LogP contribution in [-0.2, 0) is 66.4 Å². The van der Waals surface area contributed by atoms with Crippen molar-refractivity contribution >= 4 is 11.9 Å². The number of rotatable bonds is 19. The summed E-state index contributed by atoms with van der Waals surface area (Å²) in [6, 6.07) is 0. The number of hydrogen-bond acceptors (Lipinski definition) is 23. The molecule has 6 saturated heterocycles. The lowest BCUT2D eigenvalue weighted by Gasteiger charge is -2.51. The van der Waals surface area contributed by atoms with Crippen LogP contribution in [0.1, 0.15) is 183 Å². The first-order chi connectivity index (χ1) is 37.7. The van der Waals surface area contributed by atoms with Crippen molar-refractivity contribution < 1.29 is 112 Å². The van der Waals surface area contributed by atoms with E-state index in [1.807, 2.05) is 0 Å². The molecule has 6 fully saturated rings. The van der Waals surface area contributed by atoms with E-state index < -0.39 is 165 Å². The minimum atomic E-state index is -1.88. The largest absolute Gasteiger partial charge is 0.454 e. The molecule has 26 atom stereocenters. The monoisotopic (exact) mass is 1140 g/mol. The number of esters is 2. The zero-order valence-corrected chi connectivity index (χ0v) is 47.6. The summed E-state index contributed by atoms with van der Waals surface area (Å²) in [5.41, 5.74) is 0. The van der Waals surface area contributed by atoms with Crippen molar-refractivity contribution in [2.45, 2.75) is 343 Å². The summed E-state index contributed by atoms with van der Waals surface area (Å²) in [4.78, 5) is 27.9. The predicted octanol–water partition coefficient (Wildman–Crippen LogP) is 2.95. The number of ether oxygens (including phenoxy) is 12. The summed E-state index contributed by atoms with van der Waals surface area (Å²) < 4.78 is 75.8. The third-order valence-electron chi connectivity index (χ3n) is 16.4. The minimum Gasteiger partial charge on any atom is -0.454 e. The van der Waals surface area contributed by atoms with Gasteiger partial charge in [0.2, 0.25) is 0 Å². The Balaban J connectivity index is 1.34. The van der Waals surface area contributed by atoms with E-state index in [0.29, 0.717) is 19.3 Å². The molecule has 9 N–H and O–H groups in total. The zero-order chi connectivity index (χ0) is 57.5. The molecular formula is C56H98O23. The molecule has 0 spiro atoms. The maximum Gasteiger partial charge on any atom is 0.306 e. The average molecular weight is 1140 g/mol. The van der Waals surface area contributed by atoms with Crippen molar-refractivity contribution in [1.29, 1.82) is 0 Å². The first-order valence-corrected chi connectivity index (χ1v) is 29.8. The van der Waals surface area contributed by atoms with Gasteiger partial charge in [-0.3, -0.25) is 9.59 Å². The van der Waals surface area contributed by atoms with Crippen molar-refractivity contribution in [3.63, 3.8) is 0 Å². The molecule has 0 aromatic carbocycles. The topological polar surface area (TPSA) is 327 Å².